The monoisotopic (exact) mass is 498 g/mol. The van der Waals surface area contributed by atoms with E-state index in [1.807, 2.05) is 24.3 Å². The number of amides is 1. The van der Waals surface area contributed by atoms with Gasteiger partial charge in [0, 0.05) is 48.3 Å². The molecule has 4 aromatic rings. The minimum Gasteiger partial charge on any atom is -0.390 e. The van der Waals surface area contributed by atoms with Crippen LogP contribution in [-0.4, -0.2) is 74.1 Å². The third-order valence-corrected chi connectivity index (χ3v) is 7.78. The summed E-state index contributed by atoms with van der Waals surface area (Å²) in [5.41, 5.74) is 4.13. The lowest BCUT2D eigenvalue weighted by Crippen LogP contribution is -2.60. The number of nitrogens with one attached hydrogen (secondary N) is 1. The molecular weight excluding hydrogens is 468 g/mol. The molecule has 2 saturated heterocycles. The Balaban J connectivity index is 1.18. The number of aliphatic hydroxyl groups excluding tert-OH is 1. The maximum atomic E-state index is 13.1. The van der Waals surface area contributed by atoms with Crippen molar-refractivity contribution in [1.29, 1.82) is 0 Å². The summed E-state index contributed by atoms with van der Waals surface area (Å²) in [7, 11) is 3.98. The lowest BCUT2D eigenvalue weighted by molar-refractivity contribution is 0.0900. The van der Waals surface area contributed by atoms with Crippen molar-refractivity contribution in [2.75, 3.05) is 43.4 Å². The van der Waals surface area contributed by atoms with Crippen LogP contribution in [0, 0.1) is 5.41 Å². The molecule has 2 aliphatic heterocycles. The van der Waals surface area contributed by atoms with Crippen molar-refractivity contribution >= 4 is 28.4 Å². The van der Waals surface area contributed by atoms with Crippen molar-refractivity contribution in [2.24, 2.45) is 12.5 Å². The Morgan fingerprint density at radius 3 is 2.68 bits per heavy atom. The van der Waals surface area contributed by atoms with Crippen molar-refractivity contribution in [3.05, 3.63) is 60.0 Å². The molecular formula is C27H30N8O2. The summed E-state index contributed by atoms with van der Waals surface area (Å²) in [5.74, 6) is 0.955. The predicted molar refractivity (Wildman–Crippen MR) is 141 cm³/mol. The van der Waals surface area contributed by atoms with E-state index in [9.17, 15) is 9.90 Å². The minimum absolute atomic E-state index is 0.108. The van der Waals surface area contributed by atoms with Gasteiger partial charge in [0.05, 0.1) is 24.0 Å². The number of carbonyl (C=O) groups excluding carboxylic acids is 1. The van der Waals surface area contributed by atoms with Gasteiger partial charge >= 0.3 is 0 Å². The molecule has 0 unspecified atom stereocenters. The second-order valence-electron chi connectivity index (χ2n) is 10.3. The average Bonchev–Trinajstić information content (AvgIpc) is 3.28. The number of piperidine rings is 1. The second-order valence-corrected chi connectivity index (χ2v) is 10.3. The number of anilines is 2. The first-order valence-electron chi connectivity index (χ1n) is 12.5. The standard InChI is InChI=1S/C27H30N8O2/c1-33-9-6-27(7-10-33)16-35(17-27)25-13-19(5-8-28-25)26(37)30-24-12-20-11-18(3-4-22(20)31-32-24)21-14-29-34(2)23(21)15-36/h3-5,8,11-14,36H,6-7,9-10,15-17H2,1-2H3,(H,30,32,37). The topological polar surface area (TPSA) is 112 Å². The molecule has 0 atom stereocenters. The van der Waals surface area contributed by atoms with Gasteiger partial charge in [-0.2, -0.15) is 5.10 Å². The van der Waals surface area contributed by atoms with Crippen LogP contribution < -0.4 is 10.2 Å². The molecule has 2 fully saturated rings. The molecule has 3 aromatic heterocycles. The SMILES string of the molecule is CN1CCC2(CC1)CN(c1cc(C(=O)Nc3cc4cc(-c5cnn(C)c5CO)ccc4nn3)ccn1)C2. The van der Waals surface area contributed by atoms with E-state index in [4.69, 9.17) is 0 Å². The molecule has 5 heterocycles. The Hall–Kier alpha value is -3.89. The van der Waals surface area contributed by atoms with Crippen LogP contribution >= 0.6 is 0 Å². The van der Waals surface area contributed by atoms with Gasteiger partial charge in [0.1, 0.15) is 5.82 Å². The highest BCUT2D eigenvalue weighted by Gasteiger charge is 2.44. The van der Waals surface area contributed by atoms with Crippen LogP contribution in [0.15, 0.2) is 48.8 Å². The Bertz CT molecular complexity index is 1470. The first-order chi connectivity index (χ1) is 17.9. The quantitative estimate of drug-likeness (QED) is 0.432. The smallest absolute Gasteiger partial charge is 0.257 e. The number of fused-ring (bicyclic) bond motifs is 1. The molecule has 37 heavy (non-hydrogen) atoms. The summed E-state index contributed by atoms with van der Waals surface area (Å²) >= 11 is 0. The van der Waals surface area contributed by atoms with Crippen LogP contribution in [0.1, 0.15) is 28.9 Å². The molecule has 190 valence electrons. The van der Waals surface area contributed by atoms with Crippen LogP contribution in [-0.2, 0) is 13.7 Å². The van der Waals surface area contributed by atoms with Crippen LogP contribution in [0.4, 0.5) is 11.6 Å². The first kappa shape index (κ1) is 23.5. The zero-order valence-corrected chi connectivity index (χ0v) is 21.1. The van der Waals surface area contributed by atoms with Gasteiger partial charge in [-0.1, -0.05) is 6.07 Å². The molecule has 2 aliphatic rings. The van der Waals surface area contributed by atoms with Crippen LogP contribution in [0.2, 0.25) is 0 Å². The van der Waals surface area contributed by atoms with Crippen molar-refractivity contribution < 1.29 is 9.90 Å². The third-order valence-electron chi connectivity index (χ3n) is 7.78. The highest BCUT2D eigenvalue weighted by molar-refractivity contribution is 6.04. The molecule has 10 heteroatoms. The van der Waals surface area contributed by atoms with Crippen molar-refractivity contribution in [1.82, 2.24) is 29.9 Å². The molecule has 1 spiro atoms. The van der Waals surface area contributed by atoms with E-state index < -0.39 is 0 Å². The number of aryl methyl sites for hydroxylation is 1. The molecule has 2 N–H and O–H groups in total. The zero-order chi connectivity index (χ0) is 25.6. The number of hydrogen-bond acceptors (Lipinski definition) is 8. The number of likely N-dealkylation sites (tertiary alicyclic amines) is 1. The highest BCUT2D eigenvalue weighted by atomic mass is 16.3. The van der Waals surface area contributed by atoms with Gasteiger partial charge in [-0.25, -0.2) is 4.98 Å². The molecule has 1 amide bonds. The van der Waals surface area contributed by atoms with Gasteiger partial charge in [0.25, 0.3) is 5.91 Å². The zero-order valence-electron chi connectivity index (χ0n) is 21.1. The van der Waals surface area contributed by atoms with E-state index in [0.29, 0.717) is 22.3 Å². The van der Waals surface area contributed by atoms with Crippen molar-refractivity contribution in [3.63, 3.8) is 0 Å². The van der Waals surface area contributed by atoms with Crippen LogP contribution in [0.5, 0.6) is 0 Å². The summed E-state index contributed by atoms with van der Waals surface area (Å²) in [6.07, 6.45) is 5.85. The Morgan fingerprint density at radius 2 is 1.89 bits per heavy atom. The van der Waals surface area contributed by atoms with Gasteiger partial charge < -0.3 is 20.2 Å². The minimum atomic E-state index is -0.252. The highest BCUT2D eigenvalue weighted by Crippen LogP contribution is 2.41. The summed E-state index contributed by atoms with van der Waals surface area (Å²) in [6.45, 7) is 4.16. The van der Waals surface area contributed by atoms with Gasteiger partial charge in [-0.15, -0.1) is 10.2 Å². The van der Waals surface area contributed by atoms with E-state index >= 15 is 0 Å². The number of hydrogen-bond donors (Lipinski definition) is 2. The van der Waals surface area contributed by atoms with E-state index in [1.165, 1.54) is 12.8 Å². The molecule has 0 radical (unpaired) electrons. The average molecular weight is 499 g/mol. The molecule has 1 aromatic carbocycles. The first-order valence-corrected chi connectivity index (χ1v) is 12.5. The van der Waals surface area contributed by atoms with E-state index in [-0.39, 0.29) is 12.5 Å². The van der Waals surface area contributed by atoms with Crippen molar-refractivity contribution in [2.45, 2.75) is 19.4 Å². The van der Waals surface area contributed by atoms with Gasteiger partial charge in [0.15, 0.2) is 5.82 Å². The molecule has 0 aliphatic carbocycles. The number of aromatic nitrogens is 5. The molecule has 6 rings (SSSR count). The Kier molecular flexibility index (Phi) is 5.85. The van der Waals surface area contributed by atoms with E-state index in [0.717, 1.165) is 54.2 Å². The summed E-state index contributed by atoms with van der Waals surface area (Å²) < 4.78 is 1.66. The van der Waals surface area contributed by atoms with E-state index in [1.54, 1.807) is 36.3 Å². The fraction of sp³-hybridized carbons (Fsp3) is 0.370. The number of pyridine rings is 1. The second kappa shape index (κ2) is 9.20. The number of rotatable bonds is 5. The number of aliphatic hydroxyl groups is 1. The fourth-order valence-electron chi connectivity index (χ4n) is 5.42. The molecule has 10 nitrogen and oxygen atoms in total. The lowest BCUT2D eigenvalue weighted by atomic mass is 9.72. The summed E-state index contributed by atoms with van der Waals surface area (Å²) in [6, 6.07) is 11.1. The number of nitrogens with zero attached hydrogens (tertiary/aromatic N) is 7. The number of benzene rings is 1. The Labute approximate surface area is 214 Å². The summed E-state index contributed by atoms with van der Waals surface area (Å²) in [4.78, 5) is 22.2. The van der Waals surface area contributed by atoms with Gasteiger partial charge in [0.2, 0.25) is 0 Å². The maximum Gasteiger partial charge on any atom is 0.257 e. The maximum absolute atomic E-state index is 13.1. The largest absolute Gasteiger partial charge is 0.390 e. The van der Waals surface area contributed by atoms with E-state index in [2.05, 4.69) is 42.4 Å². The fourth-order valence-corrected chi connectivity index (χ4v) is 5.42. The lowest BCUT2D eigenvalue weighted by Gasteiger charge is -2.54. The summed E-state index contributed by atoms with van der Waals surface area (Å²) in [5, 5.41) is 26.1. The normalized spacial score (nSPS) is 17.2. The molecule has 0 bridgehead atoms. The Morgan fingerprint density at radius 1 is 1.08 bits per heavy atom. The van der Waals surface area contributed by atoms with Crippen molar-refractivity contribution in [3.8, 4) is 11.1 Å². The number of carbonyl (C=O) groups is 1. The predicted octanol–water partition coefficient (Wildman–Crippen LogP) is 2.70. The third kappa shape index (κ3) is 4.42. The van der Waals surface area contributed by atoms with Crippen LogP contribution in [0.3, 0.4) is 0 Å². The van der Waals surface area contributed by atoms with Crippen LogP contribution in [0.25, 0.3) is 22.0 Å². The molecule has 0 saturated carbocycles. The van der Waals surface area contributed by atoms with Gasteiger partial charge in [-0.3, -0.25) is 9.48 Å². The van der Waals surface area contributed by atoms with Gasteiger partial charge in [-0.05, 0) is 68.9 Å².